The van der Waals surface area contributed by atoms with Gasteiger partial charge in [-0.2, -0.15) is 0 Å². The Morgan fingerprint density at radius 2 is 1.90 bits per heavy atom. The lowest BCUT2D eigenvalue weighted by molar-refractivity contribution is 0.0765. The number of aryl methyl sites for hydroxylation is 1. The normalized spacial score (nSPS) is 16.2. The van der Waals surface area contributed by atoms with E-state index in [2.05, 4.69) is 29.3 Å². The Morgan fingerprint density at radius 1 is 1.10 bits per heavy atom. The number of hydrogen-bond donors (Lipinski definition) is 1. The van der Waals surface area contributed by atoms with Gasteiger partial charge in [0.15, 0.2) is 0 Å². The maximum atomic E-state index is 5.77. The lowest BCUT2D eigenvalue weighted by Crippen LogP contribution is -2.44. The van der Waals surface area contributed by atoms with Crippen molar-refractivity contribution >= 4 is 0 Å². The molecule has 2 rings (SSSR count). The fourth-order valence-electron chi connectivity index (χ4n) is 2.38. The first-order chi connectivity index (χ1) is 9.90. The minimum absolute atomic E-state index is 0.624. The summed E-state index contributed by atoms with van der Waals surface area (Å²) in [6, 6.07) is 8.20. The SMILES string of the molecule is CCc1ccccc1OCCOCCN1CCNCC1. The lowest BCUT2D eigenvalue weighted by atomic mass is 10.1. The Morgan fingerprint density at radius 3 is 2.70 bits per heavy atom. The quantitative estimate of drug-likeness (QED) is 0.732. The molecule has 1 heterocycles. The summed E-state index contributed by atoms with van der Waals surface area (Å²) >= 11 is 0. The van der Waals surface area contributed by atoms with Gasteiger partial charge in [-0.25, -0.2) is 0 Å². The van der Waals surface area contributed by atoms with Gasteiger partial charge < -0.3 is 14.8 Å². The van der Waals surface area contributed by atoms with Crippen LogP contribution in [-0.2, 0) is 11.2 Å². The molecule has 0 saturated carbocycles. The van der Waals surface area contributed by atoms with Crippen LogP contribution in [0.25, 0.3) is 0 Å². The minimum Gasteiger partial charge on any atom is -0.491 e. The van der Waals surface area contributed by atoms with Crippen LogP contribution in [0.2, 0.25) is 0 Å². The Labute approximate surface area is 122 Å². The Balaban J connectivity index is 1.55. The number of ether oxygens (including phenoxy) is 2. The predicted molar refractivity (Wildman–Crippen MR) is 81.4 cm³/mol. The van der Waals surface area contributed by atoms with Gasteiger partial charge in [0, 0.05) is 32.7 Å². The highest BCUT2D eigenvalue weighted by molar-refractivity contribution is 5.33. The van der Waals surface area contributed by atoms with Gasteiger partial charge in [0.1, 0.15) is 12.4 Å². The lowest BCUT2D eigenvalue weighted by Gasteiger charge is -2.26. The number of rotatable bonds is 8. The van der Waals surface area contributed by atoms with E-state index < -0.39 is 0 Å². The highest BCUT2D eigenvalue weighted by Crippen LogP contribution is 2.17. The first-order valence-electron chi connectivity index (χ1n) is 7.61. The van der Waals surface area contributed by atoms with Gasteiger partial charge in [-0.05, 0) is 18.1 Å². The summed E-state index contributed by atoms with van der Waals surface area (Å²) in [6.45, 7) is 9.68. The number of benzene rings is 1. The van der Waals surface area contributed by atoms with E-state index in [4.69, 9.17) is 9.47 Å². The molecule has 4 nitrogen and oxygen atoms in total. The van der Waals surface area contributed by atoms with Crippen LogP contribution in [0.1, 0.15) is 12.5 Å². The van der Waals surface area contributed by atoms with Gasteiger partial charge in [-0.15, -0.1) is 0 Å². The summed E-state index contributed by atoms with van der Waals surface area (Å²) in [4.78, 5) is 2.43. The summed E-state index contributed by atoms with van der Waals surface area (Å²) < 4.78 is 11.4. The Bertz CT molecular complexity index is 378. The first-order valence-corrected chi connectivity index (χ1v) is 7.61. The highest BCUT2D eigenvalue weighted by atomic mass is 16.5. The molecule has 4 heteroatoms. The molecular weight excluding hydrogens is 252 g/mol. The van der Waals surface area contributed by atoms with E-state index in [0.717, 1.165) is 51.5 Å². The second-order valence-corrected chi connectivity index (χ2v) is 5.01. The largest absolute Gasteiger partial charge is 0.491 e. The average molecular weight is 278 g/mol. The number of para-hydroxylation sites is 1. The highest BCUT2D eigenvalue weighted by Gasteiger charge is 2.08. The Kier molecular flexibility index (Phi) is 6.84. The third-order valence-electron chi connectivity index (χ3n) is 3.60. The second-order valence-electron chi connectivity index (χ2n) is 5.01. The van der Waals surface area contributed by atoms with Crippen molar-refractivity contribution in [3.8, 4) is 5.75 Å². The standard InChI is InChI=1S/C16H26N2O2/c1-2-15-5-3-4-6-16(15)20-14-13-19-12-11-18-9-7-17-8-10-18/h3-6,17H,2,7-14H2,1H3. The smallest absolute Gasteiger partial charge is 0.122 e. The number of nitrogens with one attached hydrogen (secondary N) is 1. The van der Waals surface area contributed by atoms with Crippen molar-refractivity contribution in [3.05, 3.63) is 29.8 Å². The van der Waals surface area contributed by atoms with Crippen molar-refractivity contribution in [1.82, 2.24) is 10.2 Å². The third-order valence-corrected chi connectivity index (χ3v) is 3.60. The summed E-state index contributed by atoms with van der Waals surface area (Å²) in [7, 11) is 0. The van der Waals surface area contributed by atoms with Crippen LogP contribution >= 0.6 is 0 Å². The minimum atomic E-state index is 0.624. The van der Waals surface area contributed by atoms with E-state index in [1.165, 1.54) is 5.56 Å². The molecule has 1 fully saturated rings. The maximum absolute atomic E-state index is 5.77. The van der Waals surface area contributed by atoms with Crippen LogP contribution in [-0.4, -0.2) is 57.4 Å². The molecule has 0 amide bonds. The van der Waals surface area contributed by atoms with E-state index in [-0.39, 0.29) is 0 Å². The Hall–Kier alpha value is -1.10. The molecule has 1 aromatic carbocycles. The van der Waals surface area contributed by atoms with E-state index in [1.54, 1.807) is 0 Å². The number of piperazine rings is 1. The molecule has 0 aliphatic carbocycles. The second kappa shape index (κ2) is 8.95. The van der Waals surface area contributed by atoms with E-state index in [1.807, 2.05) is 12.1 Å². The zero-order chi connectivity index (χ0) is 14.0. The van der Waals surface area contributed by atoms with Gasteiger partial charge in [-0.3, -0.25) is 4.90 Å². The molecule has 1 aliphatic rings. The van der Waals surface area contributed by atoms with E-state index in [0.29, 0.717) is 13.2 Å². The van der Waals surface area contributed by atoms with Gasteiger partial charge in [0.25, 0.3) is 0 Å². The van der Waals surface area contributed by atoms with Gasteiger partial charge in [-0.1, -0.05) is 25.1 Å². The molecule has 0 bridgehead atoms. The molecule has 0 atom stereocenters. The first kappa shape index (κ1) is 15.3. The average Bonchev–Trinajstić information content (AvgIpc) is 2.52. The monoisotopic (exact) mass is 278 g/mol. The van der Waals surface area contributed by atoms with Crippen LogP contribution in [0.3, 0.4) is 0 Å². The maximum Gasteiger partial charge on any atom is 0.122 e. The van der Waals surface area contributed by atoms with Crippen LogP contribution in [0.4, 0.5) is 0 Å². The molecule has 0 unspecified atom stereocenters. The van der Waals surface area contributed by atoms with Crippen LogP contribution in [0.15, 0.2) is 24.3 Å². The zero-order valence-corrected chi connectivity index (χ0v) is 12.4. The molecule has 1 saturated heterocycles. The number of nitrogens with zero attached hydrogens (tertiary/aromatic N) is 1. The molecule has 1 aromatic rings. The molecule has 0 aromatic heterocycles. The zero-order valence-electron chi connectivity index (χ0n) is 12.4. The van der Waals surface area contributed by atoms with Gasteiger partial charge in [0.05, 0.1) is 13.2 Å². The summed E-state index contributed by atoms with van der Waals surface area (Å²) in [5, 5.41) is 3.35. The summed E-state index contributed by atoms with van der Waals surface area (Å²) in [6.07, 6.45) is 1.00. The summed E-state index contributed by atoms with van der Waals surface area (Å²) in [5.41, 5.74) is 1.26. The van der Waals surface area contributed by atoms with Gasteiger partial charge >= 0.3 is 0 Å². The van der Waals surface area contributed by atoms with E-state index in [9.17, 15) is 0 Å². The van der Waals surface area contributed by atoms with Crippen LogP contribution in [0.5, 0.6) is 5.75 Å². The van der Waals surface area contributed by atoms with Crippen molar-refractivity contribution < 1.29 is 9.47 Å². The van der Waals surface area contributed by atoms with E-state index >= 15 is 0 Å². The fraction of sp³-hybridized carbons (Fsp3) is 0.625. The summed E-state index contributed by atoms with van der Waals surface area (Å²) in [5.74, 6) is 0.987. The van der Waals surface area contributed by atoms with Crippen LogP contribution < -0.4 is 10.1 Å². The third kappa shape index (κ3) is 5.12. The number of hydrogen-bond acceptors (Lipinski definition) is 4. The molecule has 0 spiro atoms. The topological polar surface area (TPSA) is 33.7 Å². The molecule has 112 valence electrons. The molecule has 1 N–H and O–H groups in total. The fourth-order valence-corrected chi connectivity index (χ4v) is 2.38. The predicted octanol–water partition coefficient (Wildman–Crippen LogP) is 1.55. The van der Waals surface area contributed by atoms with Crippen molar-refractivity contribution in [2.45, 2.75) is 13.3 Å². The van der Waals surface area contributed by atoms with Crippen molar-refractivity contribution in [3.63, 3.8) is 0 Å². The van der Waals surface area contributed by atoms with Crippen LogP contribution in [0, 0.1) is 0 Å². The molecule has 1 aliphatic heterocycles. The van der Waals surface area contributed by atoms with Crippen molar-refractivity contribution in [2.24, 2.45) is 0 Å². The van der Waals surface area contributed by atoms with Crippen molar-refractivity contribution in [1.29, 1.82) is 0 Å². The molecule has 0 radical (unpaired) electrons. The van der Waals surface area contributed by atoms with Gasteiger partial charge in [0.2, 0.25) is 0 Å². The molecular formula is C16H26N2O2. The molecule has 20 heavy (non-hydrogen) atoms. The van der Waals surface area contributed by atoms with Crippen molar-refractivity contribution in [2.75, 3.05) is 52.5 Å².